The average molecular weight is 347 g/mol. The molecule has 0 radical (unpaired) electrons. The molecule has 1 amide bonds. The first-order valence-electron chi connectivity index (χ1n) is 8.31. The number of thiophene rings is 1. The van der Waals surface area contributed by atoms with Gasteiger partial charge in [-0.1, -0.05) is 0 Å². The van der Waals surface area contributed by atoms with Crippen LogP contribution in [0.15, 0.2) is 12.1 Å². The number of aryl methyl sites for hydroxylation is 1. The van der Waals surface area contributed by atoms with Gasteiger partial charge in [-0.25, -0.2) is 0 Å². The van der Waals surface area contributed by atoms with E-state index in [1.807, 2.05) is 18.4 Å². The molecular weight excluding hydrogens is 322 g/mol. The van der Waals surface area contributed by atoms with Gasteiger partial charge < -0.3 is 9.88 Å². The maximum absolute atomic E-state index is 11.1. The Morgan fingerprint density at radius 3 is 2.75 bits per heavy atom. The van der Waals surface area contributed by atoms with Crippen molar-refractivity contribution in [3.05, 3.63) is 33.5 Å². The monoisotopic (exact) mass is 347 g/mol. The number of aromatic nitrogens is 3. The molecule has 0 saturated heterocycles. The molecule has 0 unspecified atom stereocenters. The lowest BCUT2D eigenvalue weighted by Gasteiger charge is -2.34. The first-order valence-corrected chi connectivity index (χ1v) is 9.13. The summed E-state index contributed by atoms with van der Waals surface area (Å²) in [6, 6.07) is 4.64. The van der Waals surface area contributed by atoms with E-state index < -0.39 is 0 Å². The Morgan fingerprint density at radius 2 is 2.12 bits per heavy atom. The van der Waals surface area contributed by atoms with Gasteiger partial charge in [-0.05, 0) is 38.9 Å². The Morgan fingerprint density at radius 1 is 1.38 bits per heavy atom. The molecule has 0 atom stereocenters. The number of hydrogen-bond acceptors (Lipinski definition) is 5. The summed E-state index contributed by atoms with van der Waals surface area (Å²) < 4.78 is 2.12. The normalized spacial score (nSPS) is 20.2. The fourth-order valence-corrected chi connectivity index (χ4v) is 4.21. The molecule has 1 aliphatic rings. The van der Waals surface area contributed by atoms with E-state index in [1.165, 1.54) is 9.75 Å². The minimum atomic E-state index is 0.0440. The van der Waals surface area contributed by atoms with E-state index in [0.29, 0.717) is 5.92 Å². The number of carbonyl (C=O) groups excluding carboxylic acids is 1. The molecule has 0 aromatic carbocycles. The summed E-state index contributed by atoms with van der Waals surface area (Å²) in [6.07, 6.45) is 1.91. The second-order valence-electron chi connectivity index (χ2n) is 6.78. The second kappa shape index (κ2) is 7.03. The average Bonchev–Trinajstić information content (AvgIpc) is 3.01. The fourth-order valence-electron chi connectivity index (χ4n) is 3.24. The van der Waals surface area contributed by atoms with Crippen LogP contribution in [-0.2, 0) is 24.9 Å². The molecule has 130 valence electrons. The van der Waals surface area contributed by atoms with Crippen molar-refractivity contribution in [3.63, 3.8) is 0 Å². The van der Waals surface area contributed by atoms with Crippen LogP contribution in [0, 0.1) is 6.92 Å². The van der Waals surface area contributed by atoms with Gasteiger partial charge in [-0.2, -0.15) is 0 Å². The van der Waals surface area contributed by atoms with E-state index in [4.69, 9.17) is 0 Å². The van der Waals surface area contributed by atoms with E-state index in [9.17, 15) is 4.79 Å². The fraction of sp³-hybridized carbons (Fsp3) is 0.588. The first kappa shape index (κ1) is 17.1. The molecule has 1 fully saturated rings. The van der Waals surface area contributed by atoms with Crippen molar-refractivity contribution in [2.75, 3.05) is 7.05 Å². The van der Waals surface area contributed by atoms with Crippen molar-refractivity contribution in [2.24, 2.45) is 7.05 Å². The van der Waals surface area contributed by atoms with Gasteiger partial charge in [-0.3, -0.25) is 9.69 Å². The van der Waals surface area contributed by atoms with Gasteiger partial charge in [0.1, 0.15) is 11.6 Å². The standard InChI is InChI=1S/C17H25N5OS/c1-11-5-6-15(24-11)9-21(3)10-16-19-20-17(22(16)4)13-7-14(8-13)18-12(2)23/h5-6,13-14H,7-10H2,1-4H3,(H,18,23). The third kappa shape index (κ3) is 3.84. The number of amides is 1. The second-order valence-corrected chi connectivity index (χ2v) is 8.16. The minimum absolute atomic E-state index is 0.0440. The molecule has 0 spiro atoms. The molecule has 1 N–H and O–H groups in total. The Bertz CT molecular complexity index is 716. The van der Waals surface area contributed by atoms with Crippen LogP contribution in [0.5, 0.6) is 0 Å². The maximum atomic E-state index is 11.1. The lowest BCUT2D eigenvalue weighted by molar-refractivity contribution is -0.120. The Kier molecular flexibility index (Phi) is 5.01. The summed E-state index contributed by atoms with van der Waals surface area (Å²) in [6.45, 7) is 5.41. The maximum Gasteiger partial charge on any atom is 0.217 e. The van der Waals surface area contributed by atoms with Crippen LogP contribution in [0.4, 0.5) is 0 Å². The summed E-state index contributed by atoms with van der Waals surface area (Å²) in [5.74, 6) is 2.47. The lowest BCUT2D eigenvalue weighted by atomic mass is 9.79. The van der Waals surface area contributed by atoms with Crippen LogP contribution < -0.4 is 5.32 Å². The molecule has 1 aliphatic carbocycles. The van der Waals surface area contributed by atoms with Crippen LogP contribution >= 0.6 is 11.3 Å². The third-order valence-corrected chi connectivity index (χ3v) is 5.53. The van der Waals surface area contributed by atoms with Gasteiger partial charge in [0, 0.05) is 42.2 Å². The quantitative estimate of drug-likeness (QED) is 0.870. The van der Waals surface area contributed by atoms with Crippen LogP contribution in [0.25, 0.3) is 0 Å². The highest BCUT2D eigenvalue weighted by molar-refractivity contribution is 7.11. The van der Waals surface area contributed by atoms with Crippen molar-refractivity contribution < 1.29 is 4.79 Å². The number of carbonyl (C=O) groups is 1. The predicted octanol–water partition coefficient (Wildman–Crippen LogP) is 2.20. The van der Waals surface area contributed by atoms with Gasteiger partial charge in [0.25, 0.3) is 0 Å². The predicted molar refractivity (Wildman–Crippen MR) is 94.8 cm³/mol. The van der Waals surface area contributed by atoms with Gasteiger partial charge in [-0.15, -0.1) is 21.5 Å². The van der Waals surface area contributed by atoms with Crippen LogP contribution in [0.2, 0.25) is 0 Å². The SMILES string of the molecule is CC(=O)NC1CC(c2nnc(CN(C)Cc3ccc(C)s3)n2C)C1. The molecule has 6 nitrogen and oxygen atoms in total. The van der Waals surface area contributed by atoms with Gasteiger partial charge in [0.2, 0.25) is 5.91 Å². The molecular formula is C17H25N5OS. The van der Waals surface area contributed by atoms with Crippen molar-refractivity contribution in [1.29, 1.82) is 0 Å². The smallest absolute Gasteiger partial charge is 0.217 e. The number of rotatable bonds is 6. The van der Waals surface area contributed by atoms with Gasteiger partial charge in [0.05, 0.1) is 6.54 Å². The molecule has 7 heteroatoms. The Hall–Kier alpha value is -1.73. The van der Waals surface area contributed by atoms with Crippen molar-refractivity contribution in [2.45, 2.75) is 51.7 Å². The van der Waals surface area contributed by atoms with Crippen molar-refractivity contribution >= 4 is 17.2 Å². The lowest BCUT2D eigenvalue weighted by Crippen LogP contribution is -2.43. The van der Waals surface area contributed by atoms with Crippen LogP contribution in [0.3, 0.4) is 0 Å². The summed E-state index contributed by atoms with van der Waals surface area (Å²) >= 11 is 1.84. The van der Waals surface area contributed by atoms with E-state index in [2.05, 4.69) is 51.1 Å². The van der Waals surface area contributed by atoms with Crippen molar-refractivity contribution in [3.8, 4) is 0 Å². The summed E-state index contributed by atoms with van der Waals surface area (Å²) in [4.78, 5) is 16.1. The largest absolute Gasteiger partial charge is 0.354 e. The highest BCUT2D eigenvalue weighted by Gasteiger charge is 2.34. The molecule has 2 aromatic heterocycles. The van der Waals surface area contributed by atoms with Crippen LogP contribution in [0.1, 0.15) is 47.1 Å². The Labute approximate surface area is 146 Å². The molecule has 2 heterocycles. The minimum Gasteiger partial charge on any atom is -0.354 e. The summed E-state index contributed by atoms with van der Waals surface area (Å²) in [7, 11) is 4.15. The highest BCUT2D eigenvalue weighted by Crippen LogP contribution is 2.35. The van der Waals surface area contributed by atoms with E-state index in [-0.39, 0.29) is 11.9 Å². The summed E-state index contributed by atoms with van der Waals surface area (Å²) in [5.41, 5.74) is 0. The number of nitrogens with zero attached hydrogens (tertiary/aromatic N) is 4. The van der Waals surface area contributed by atoms with E-state index in [0.717, 1.165) is 37.6 Å². The van der Waals surface area contributed by atoms with Crippen LogP contribution in [-0.4, -0.2) is 38.7 Å². The number of nitrogens with one attached hydrogen (secondary N) is 1. The molecule has 0 aliphatic heterocycles. The van der Waals surface area contributed by atoms with Crippen molar-refractivity contribution in [1.82, 2.24) is 25.0 Å². The zero-order valence-corrected chi connectivity index (χ0v) is 15.6. The highest BCUT2D eigenvalue weighted by atomic mass is 32.1. The first-order chi connectivity index (χ1) is 11.4. The summed E-state index contributed by atoms with van der Waals surface area (Å²) in [5, 5.41) is 11.7. The molecule has 0 bridgehead atoms. The van der Waals surface area contributed by atoms with Gasteiger partial charge in [0.15, 0.2) is 0 Å². The molecule has 2 aromatic rings. The molecule has 3 rings (SSSR count). The Balaban J connectivity index is 1.56. The zero-order valence-electron chi connectivity index (χ0n) is 14.7. The topological polar surface area (TPSA) is 63.1 Å². The molecule has 24 heavy (non-hydrogen) atoms. The molecule has 1 saturated carbocycles. The zero-order chi connectivity index (χ0) is 17.3. The van der Waals surface area contributed by atoms with E-state index in [1.54, 1.807) is 6.92 Å². The third-order valence-electron chi connectivity index (χ3n) is 4.54. The van der Waals surface area contributed by atoms with Gasteiger partial charge >= 0.3 is 0 Å². The van der Waals surface area contributed by atoms with E-state index >= 15 is 0 Å². The number of hydrogen-bond donors (Lipinski definition) is 1.